The summed E-state index contributed by atoms with van der Waals surface area (Å²) in [6.45, 7) is 4.71. The minimum absolute atomic E-state index is 0.222. The maximum Gasteiger partial charge on any atom is 0.417 e. The maximum absolute atomic E-state index is 12.4. The highest BCUT2D eigenvalue weighted by atomic mass is 19.4. The van der Waals surface area contributed by atoms with Crippen molar-refractivity contribution in [3.05, 3.63) is 23.9 Å². The first-order chi connectivity index (χ1) is 10.3. The molecular formula is C15H21F3N2O2. The summed E-state index contributed by atoms with van der Waals surface area (Å²) in [4.78, 5) is 5.90. The van der Waals surface area contributed by atoms with Gasteiger partial charge in [-0.25, -0.2) is 4.98 Å². The molecule has 7 heteroatoms. The van der Waals surface area contributed by atoms with Crippen LogP contribution in [-0.2, 0) is 6.18 Å². The number of hydrogen-bond acceptors (Lipinski definition) is 4. The van der Waals surface area contributed by atoms with Gasteiger partial charge in [0.05, 0.1) is 18.3 Å². The molecule has 0 unspecified atom stereocenters. The molecule has 22 heavy (non-hydrogen) atoms. The Morgan fingerprint density at radius 3 is 2.55 bits per heavy atom. The number of nitrogens with zero attached hydrogens (tertiary/aromatic N) is 2. The predicted molar refractivity (Wildman–Crippen MR) is 75.6 cm³/mol. The molecule has 1 N–H and O–H groups in total. The molecule has 0 radical (unpaired) electrons. The number of alkyl halides is 3. The number of halogens is 3. The number of pyridine rings is 1. The second-order valence-corrected chi connectivity index (χ2v) is 5.79. The van der Waals surface area contributed by atoms with Crippen LogP contribution >= 0.6 is 0 Å². The van der Waals surface area contributed by atoms with Crippen molar-refractivity contribution in [2.45, 2.75) is 32.0 Å². The first kappa shape index (κ1) is 17.0. The smallest absolute Gasteiger partial charge is 0.417 e. The van der Waals surface area contributed by atoms with E-state index in [1.54, 1.807) is 6.92 Å². The van der Waals surface area contributed by atoms with E-state index in [0.29, 0.717) is 19.1 Å². The summed E-state index contributed by atoms with van der Waals surface area (Å²) in [6, 6.07) is 2.24. The number of ether oxygens (including phenoxy) is 1. The Morgan fingerprint density at radius 2 is 2.05 bits per heavy atom. The van der Waals surface area contributed by atoms with E-state index < -0.39 is 11.7 Å². The van der Waals surface area contributed by atoms with Crippen LogP contribution in [0.4, 0.5) is 13.2 Å². The van der Waals surface area contributed by atoms with Gasteiger partial charge in [-0.3, -0.25) is 0 Å². The van der Waals surface area contributed by atoms with Crippen LogP contribution in [0.25, 0.3) is 0 Å². The number of aliphatic hydroxyl groups excluding tert-OH is 1. The normalized spacial score (nSPS) is 19.1. The number of rotatable bonds is 5. The molecule has 4 nitrogen and oxygen atoms in total. The lowest BCUT2D eigenvalue weighted by atomic mass is 9.97. The molecular weight excluding hydrogens is 297 g/mol. The lowest BCUT2D eigenvalue weighted by molar-refractivity contribution is -0.137. The van der Waals surface area contributed by atoms with Crippen molar-refractivity contribution in [1.82, 2.24) is 9.88 Å². The second kappa shape index (κ2) is 7.28. The number of aliphatic hydroxyl groups is 1. The van der Waals surface area contributed by atoms with Gasteiger partial charge in [-0.15, -0.1) is 0 Å². The average Bonchev–Trinajstić information content (AvgIpc) is 2.45. The Bertz CT molecular complexity index is 455. The molecule has 124 valence electrons. The van der Waals surface area contributed by atoms with Crippen LogP contribution in [0.5, 0.6) is 5.88 Å². The minimum atomic E-state index is -4.37. The topological polar surface area (TPSA) is 45.6 Å². The molecule has 2 heterocycles. The number of likely N-dealkylation sites (tertiary alicyclic amines) is 1. The van der Waals surface area contributed by atoms with Crippen LogP contribution in [0.3, 0.4) is 0 Å². The van der Waals surface area contributed by atoms with E-state index in [1.807, 2.05) is 0 Å². The standard InChI is InChI=1S/C15H21F3N2O2/c1-11(21)9-20-6-4-12(5-7-20)10-22-14-3-2-13(8-19-14)15(16,17)18/h2-3,8,11-12,21H,4-7,9-10H2,1H3/t11-/m0/s1. The van der Waals surface area contributed by atoms with Crippen LogP contribution in [0.1, 0.15) is 25.3 Å². The second-order valence-electron chi connectivity index (χ2n) is 5.79. The Kier molecular flexibility index (Phi) is 5.63. The van der Waals surface area contributed by atoms with E-state index in [2.05, 4.69) is 9.88 Å². The lowest BCUT2D eigenvalue weighted by Crippen LogP contribution is -2.39. The van der Waals surface area contributed by atoms with Gasteiger partial charge in [-0.05, 0) is 44.8 Å². The fraction of sp³-hybridized carbons (Fsp3) is 0.667. The Morgan fingerprint density at radius 1 is 1.36 bits per heavy atom. The van der Waals surface area contributed by atoms with Gasteiger partial charge in [0.2, 0.25) is 5.88 Å². The molecule has 1 aliphatic rings. The first-order valence-corrected chi connectivity index (χ1v) is 7.41. The molecule has 1 aromatic heterocycles. The summed E-state index contributed by atoms with van der Waals surface area (Å²) in [5.74, 6) is 0.591. The van der Waals surface area contributed by atoms with Crippen LogP contribution in [0, 0.1) is 5.92 Å². The van der Waals surface area contributed by atoms with E-state index in [-0.39, 0.29) is 12.0 Å². The third-order valence-corrected chi connectivity index (χ3v) is 3.76. The molecule has 0 amide bonds. The van der Waals surface area contributed by atoms with Crippen LogP contribution in [0.2, 0.25) is 0 Å². The van der Waals surface area contributed by atoms with Gasteiger partial charge >= 0.3 is 6.18 Å². The van der Waals surface area contributed by atoms with E-state index >= 15 is 0 Å². The van der Waals surface area contributed by atoms with Crippen molar-refractivity contribution >= 4 is 0 Å². The molecule has 0 aliphatic carbocycles. The van der Waals surface area contributed by atoms with E-state index in [0.717, 1.165) is 38.2 Å². The van der Waals surface area contributed by atoms with Gasteiger partial charge < -0.3 is 14.7 Å². The largest absolute Gasteiger partial charge is 0.477 e. The SMILES string of the molecule is C[C@H](O)CN1CCC(COc2ccc(C(F)(F)F)cn2)CC1. The van der Waals surface area contributed by atoms with Crippen LogP contribution in [-0.4, -0.2) is 47.3 Å². The van der Waals surface area contributed by atoms with Gasteiger partial charge in [0.25, 0.3) is 0 Å². The molecule has 1 saturated heterocycles. The number of piperidine rings is 1. The van der Waals surface area contributed by atoms with Crippen LogP contribution in [0.15, 0.2) is 18.3 Å². The van der Waals surface area contributed by atoms with Gasteiger partial charge in [0.15, 0.2) is 0 Å². The first-order valence-electron chi connectivity index (χ1n) is 7.41. The zero-order chi connectivity index (χ0) is 16.2. The molecule has 0 spiro atoms. The summed E-state index contributed by atoms with van der Waals surface area (Å²) < 4.78 is 42.7. The molecule has 1 aromatic rings. The van der Waals surface area contributed by atoms with Gasteiger partial charge in [0.1, 0.15) is 0 Å². The molecule has 0 aromatic carbocycles. The average molecular weight is 318 g/mol. The van der Waals surface area contributed by atoms with Crippen molar-refractivity contribution in [1.29, 1.82) is 0 Å². The lowest BCUT2D eigenvalue weighted by Gasteiger charge is -2.32. The predicted octanol–water partition coefficient (Wildman–Crippen LogP) is 2.57. The highest BCUT2D eigenvalue weighted by molar-refractivity contribution is 5.20. The highest BCUT2D eigenvalue weighted by Crippen LogP contribution is 2.29. The van der Waals surface area contributed by atoms with Crippen molar-refractivity contribution in [2.75, 3.05) is 26.2 Å². The molecule has 1 atom stereocenters. The maximum atomic E-state index is 12.4. The summed E-state index contributed by atoms with van der Waals surface area (Å²) in [5, 5.41) is 9.35. The zero-order valence-electron chi connectivity index (χ0n) is 12.5. The van der Waals surface area contributed by atoms with Crippen molar-refractivity contribution in [2.24, 2.45) is 5.92 Å². The quantitative estimate of drug-likeness (QED) is 0.906. The molecule has 0 bridgehead atoms. The third-order valence-electron chi connectivity index (χ3n) is 3.76. The van der Waals surface area contributed by atoms with Gasteiger partial charge in [-0.2, -0.15) is 13.2 Å². The highest BCUT2D eigenvalue weighted by Gasteiger charge is 2.30. The van der Waals surface area contributed by atoms with Crippen molar-refractivity contribution < 1.29 is 23.0 Å². The molecule has 1 aliphatic heterocycles. The minimum Gasteiger partial charge on any atom is -0.477 e. The number of β-amino-alcohol motifs (C(OH)–C–C–N with tert-alkyl or cyclic N) is 1. The summed E-state index contributed by atoms with van der Waals surface area (Å²) in [6.07, 6.45) is -2.01. The summed E-state index contributed by atoms with van der Waals surface area (Å²) in [7, 11) is 0. The Hall–Kier alpha value is -1.34. The third kappa shape index (κ3) is 5.14. The molecule has 2 rings (SSSR count). The summed E-state index contributed by atoms with van der Waals surface area (Å²) >= 11 is 0. The van der Waals surface area contributed by atoms with Crippen molar-refractivity contribution in [3.63, 3.8) is 0 Å². The Labute approximate surface area is 127 Å². The Balaban J connectivity index is 1.75. The van der Waals surface area contributed by atoms with Gasteiger partial charge in [0, 0.05) is 18.8 Å². The van der Waals surface area contributed by atoms with Crippen molar-refractivity contribution in [3.8, 4) is 5.88 Å². The van der Waals surface area contributed by atoms with E-state index in [1.165, 1.54) is 6.07 Å². The fourth-order valence-corrected chi connectivity index (χ4v) is 2.55. The fourth-order valence-electron chi connectivity index (χ4n) is 2.55. The van der Waals surface area contributed by atoms with Crippen LogP contribution < -0.4 is 4.74 Å². The molecule has 1 fully saturated rings. The number of aromatic nitrogens is 1. The number of hydrogen-bond donors (Lipinski definition) is 1. The summed E-state index contributed by atoms with van der Waals surface area (Å²) in [5.41, 5.74) is -0.772. The van der Waals surface area contributed by atoms with Gasteiger partial charge in [-0.1, -0.05) is 0 Å². The van der Waals surface area contributed by atoms with E-state index in [4.69, 9.17) is 4.74 Å². The monoisotopic (exact) mass is 318 g/mol. The molecule has 0 saturated carbocycles. The van der Waals surface area contributed by atoms with E-state index in [9.17, 15) is 18.3 Å². The zero-order valence-corrected chi connectivity index (χ0v) is 12.5.